The van der Waals surface area contributed by atoms with Gasteiger partial charge in [0.15, 0.2) is 0 Å². The van der Waals surface area contributed by atoms with Crippen LogP contribution in [0.25, 0.3) is 0 Å². The quantitative estimate of drug-likeness (QED) is 0.577. The number of anilines is 1. The van der Waals surface area contributed by atoms with Crippen LogP contribution in [0.3, 0.4) is 0 Å². The predicted molar refractivity (Wildman–Crippen MR) is 113 cm³/mol. The average Bonchev–Trinajstić information content (AvgIpc) is 2.75. The number of hydrogen-bond acceptors (Lipinski definition) is 3. The monoisotopic (exact) mass is 388 g/mol. The second-order valence-electron chi connectivity index (χ2n) is 6.72. The number of aromatic nitrogens is 1. The van der Waals surface area contributed by atoms with Crippen molar-refractivity contribution in [1.29, 1.82) is 0 Å². The molecule has 0 saturated carbocycles. The lowest BCUT2D eigenvalue weighted by atomic mass is 10.1. The Kier molecular flexibility index (Phi) is 6.95. The Morgan fingerprint density at radius 3 is 2.14 bits per heavy atom. The molecule has 0 aliphatic carbocycles. The minimum absolute atomic E-state index is 0.183. The molecule has 0 radical (unpaired) electrons. The van der Waals surface area contributed by atoms with Crippen LogP contribution in [-0.2, 0) is 11.2 Å². The van der Waals surface area contributed by atoms with Gasteiger partial charge >= 0.3 is 6.03 Å². The van der Waals surface area contributed by atoms with Crippen molar-refractivity contribution in [2.24, 2.45) is 0 Å². The van der Waals surface area contributed by atoms with E-state index in [1.54, 1.807) is 24.5 Å². The van der Waals surface area contributed by atoms with Crippen LogP contribution >= 0.6 is 0 Å². The summed E-state index contributed by atoms with van der Waals surface area (Å²) in [5.41, 5.74) is 2.57. The molecule has 1 heterocycles. The molecule has 0 aliphatic heterocycles. The molecule has 0 unspecified atom stereocenters. The Morgan fingerprint density at radius 2 is 1.48 bits per heavy atom. The number of pyridine rings is 1. The third kappa shape index (κ3) is 6.17. The summed E-state index contributed by atoms with van der Waals surface area (Å²) >= 11 is 0. The molecule has 0 bridgehead atoms. The summed E-state index contributed by atoms with van der Waals surface area (Å²) in [6, 6.07) is 21.4. The maximum absolute atomic E-state index is 12.8. The molecule has 2 aromatic carbocycles. The van der Waals surface area contributed by atoms with Crippen molar-refractivity contribution in [3.05, 3.63) is 96.3 Å². The first-order chi connectivity index (χ1) is 14.1. The van der Waals surface area contributed by atoms with E-state index in [2.05, 4.69) is 20.9 Å². The van der Waals surface area contributed by atoms with Gasteiger partial charge in [-0.2, -0.15) is 0 Å². The zero-order valence-electron chi connectivity index (χ0n) is 16.2. The van der Waals surface area contributed by atoms with Crippen molar-refractivity contribution in [1.82, 2.24) is 15.6 Å². The molecular formula is C23H24N4O2. The first kappa shape index (κ1) is 20.1. The van der Waals surface area contributed by atoms with E-state index in [1.165, 1.54) is 0 Å². The summed E-state index contributed by atoms with van der Waals surface area (Å²) in [5, 5.41) is 8.53. The zero-order valence-corrected chi connectivity index (χ0v) is 16.2. The number of carbonyl (C=O) groups excluding carboxylic acids is 2. The van der Waals surface area contributed by atoms with Crippen LogP contribution in [0, 0.1) is 0 Å². The maximum atomic E-state index is 12.8. The Balaban J connectivity index is 1.68. The number of amides is 3. The predicted octanol–water partition coefficient (Wildman–Crippen LogP) is 3.69. The fourth-order valence-electron chi connectivity index (χ4n) is 2.95. The van der Waals surface area contributed by atoms with E-state index < -0.39 is 12.1 Å². The molecule has 3 N–H and O–H groups in total. The summed E-state index contributed by atoms with van der Waals surface area (Å²) in [7, 11) is 0. The van der Waals surface area contributed by atoms with Crippen LogP contribution < -0.4 is 16.0 Å². The largest absolute Gasteiger partial charge is 0.332 e. The molecule has 1 aromatic heterocycles. The smallest absolute Gasteiger partial charge is 0.315 e. The highest BCUT2D eigenvalue weighted by molar-refractivity contribution is 5.97. The van der Waals surface area contributed by atoms with Gasteiger partial charge in [-0.05, 0) is 30.2 Å². The van der Waals surface area contributed by atoms with E-state index in [4.69, 9.17) is 0 Å². The summed E-state index contributed by atoms with van der Waals surface area (Å²) in [6.45, 7) is 1.90. The lowest BCUT2D eigenvalue weighted by molar-refractivity contribution is -0.117. The Hall–Kier alpha value is -3.67. The van der Waals surface area contributed by atoms with Crippen LogP contribution in [0.1, 0.15) is 24.1 Å². The van der Waals surface area contributed by atoms with Gasteiger partial charge in [0.05, 0.1) is 6.04 Å². The summed E-state index contributed by atoms with van der Waals surface area (Å²) in [5.74, 6) is -0.289. The Bertz CT molecular complexity index is 917. The first-order valence-electron chi connectivity index (χ1n) is 9.48. The number of urea groups is 1. The molecule has 0 fully saturated rings. The minimum atomic E-state index is -0.728. The van der Waals surface area contributed by atoms with Crippen LogP contribution in [0.4, 0.5) is 10.5 Å². The average molecular weight is 388 g/mol. The molecule has 0 spiro atoms. The van der Waals surface area contributed by atoms with Gasteiger partial charge in [-0.15, -0.1) is 0 Å². The summed E-state index contributed by atoms with van der Waals surface area (Å²) in [4.78, 5) is 29.4. The first-order valence-corrected chi connectivity index (χ1v) is 9.48. The number of carbonyl (C=O) groups is 2. The molecule has 2 atom stereocenters. The van der Waals surface area contributed by atoms with Crippen molar-refractivity contribution < 1.29 is 9.59 Å². The molecule has 6 nitrogen and oxygen atoms in total. The van der Waals surface area contributed by atoms with Crippen LogP contribution in [0.2, 0.25) is 0 Å². The van der Waals surface area contributed by atoms with E-state index >= 15 is 0 Å². The normalized spacial score (nSPS) is 12.4. The van der Waals surface area contributed by atoms with E-state index in [0.29, 0.717) is 12.1 Å². The number of benzene rings is 2. The third-order valence-electron chi connectivity index (χ3n) is 4.50. The van der Waals surface area contributed by atoms with E-state index in [0.717, 1.165) is 11.1 Å². The lowest BCUT2D eigenvalue weighted by Gasteiger charge is -2.21. The lowest BCUT2D eigenvalue weighted by Crippen LogP contribution is -2.49. The molecule has 0 aliphatic rings. The van der Waals surface area contributed by atoms with Gasteiger partial charge in [0.25, 0.3) is 0 Å². The van der Waals surface area contributed by atoms with Crippen molar-refractivity contribution in [2.75, 3.05) is 5.32 Å². The van der Waals surface area contributed by atoms with Crippen LogP contribution in [0.15, 0.2) is 85.2 Å². The third-order valence-corrected chi connectivity index (χ3v) is 4.50. The highest BCUT2D eigenvalue weighted by Crippen LogP contribution is 2.12. The van der Waals surface area contributed by atoms with Crippen LogP contribution in [0.5, 0.6) is 0 Å². The molecule has 3 aromatic rings. The van der Waals surface area contributed by atoms with Crippen molar-refractivity contribution in [3.63, 3.8) is 0 Å². The second-order valence-corrected chi connectivity index (χ2v) is 6.72. The van der Waals surface area contributed by atoms with Gasteiger partial charge in [0.2, 0.25) is 5.91 Å². The number of nitrogens with one attached hydrogen (secondary N) is 3. The Labute approximate surface area is 170 Å². The molecule has 3 rings (SSSR count). The van der Waals surface area contributed by atoms with Crippen molar-refractivity contribution >= 4 is 17.6 Å². The molecular weight excluding hydrogens is 364 g/mol. The van der Waals surface area contributed by atoms with Crippen LogP contribution in [-0.4, -0.2) is 23.0 Å². The second kappa shape index (κ2) is 10.0. The van der Waals surface area contributed by atoms with E-state index in [-0.39, 0.29) is 11.9 Å². The fourth-order valence-corrected chi connectivity index (χ4v) is 2.95. The summed E-state index contributed by atoms with van der Waals surface area (Å²) in [6.07, 6.45) is 3.58. The molecule has 0 saturated heterocycles. The minimum Gasteiger partial charge on any atom is -0.332 e. The van der Waals surface area contributed by atoms with E-state index in [1.807, 2.05) is 67.6 Å². The highest BCUT2D eigenvalue weighted by atomic mass is 16.2. The molecule has 6 heteroatoms. The van der Waals surface area contributed by atoms with Gasteiger partial charge in [-0.25, -0.2) is 4.79 Å². The van der Waals surface area contributed by atoms with Gasteiger partial charge in [-0.3, -0.25) is 9.78 Å². The fraction of sp³-hybridized carbons (Fsp3) is 0.174. The standard InChI is InChI=1S/C23H24N4O2/c1-17(19-10-6-3-7-11-19)25-23(29)27-21(16-18-8-4-2-5-9-18)22(28)26-20-12-14-24-15-13-20/h2-15,17,21H,16H2,1H3,(H,24,26,28)(H2,25,27,29)/t17-,21+/m1/s1. The van der Waals surface area contributed by atoms with Gasteiger partial charge in [-0.1, -0.05) is 60.7 Å². The maximum Gasteiger partial charge on any atom is 0.315 e. The zero-order chi connectivity index (χ0) is 20.5. The molecule has 148 valence electrons. The molecule has 29 heavy (non-hydrogen) atoms. The van der Waals surface area contributed by atoms with E-state index in [9.17, 15) is 9.59 Å². The number of rotatable bonds is 7. The molecule has 3 amide bonds. The summed E-state index contributed by atoms with van der Waals surface area (Å²) < 4.78 is 0. The van der Waals surface area contributed by atoms with Gasteiger partial charge < -0.3 is 16.0 Å². The van der Waals surface area contributed by atoms with Gasteiger partial charge in [0, 0.05) is 24.5 Å². The van der Waals surface area contributed by atoms with Crippen molar-refractivity contribution in [2.45, 2.75) is 25.4 Å². The number of nitrogens with zero attached hydrogens (tertiary/aromatic N) is 1. The number of hydrogen-bond donors (Lipinski definition) is 3. The van der Waals surface area contributed by atoms with Gasteiger partial charge in [0.1, 0.15) is 6.04 Å². The topological polar surface area (TPSA) is 83.1 Å². The SMILES string of the molecule is C[C@@H](NC(=O)N[C@@H](Cc1ccccc1)C(=O)Nc1ccncc1)c1ccccc1. The Morgan fingerprint density at radius 1 is 0.862 bits per heavy atom. The van der Waals surface area contributed by atoms with Crippen molar-refractivity contribution in [3.8, 4) is 0 Å². The highest BCUT2D eigenvalue weighted by Gasteiger charge is 2.22.